The van der Waals surface area contributed by atoms with Crippen LogP contribution in [-0.2, 0) is 4.79 Å². The van der Waals surface area contributed by atoms with Crippen LogP contribution in [-0.4, -0.2) is 22.5 Å². The Morgan fingerprint density at radius 2 is 1.97 bits per heavy atom. The molecule has 0 fully saturated rings. The van der Waals surface area contributed by atoms with Gasteiger partial charge in [-0.15, -0.1) is 0 Å². The first-order valence-corrected chi connectivity index (χ1v) is 10.1. The monoisotopic (exact) mass is 403 g/mol. The molecule has 0 bridgehead atoms. The first-order valence-electron chi connectivity index (χ1n) is 9.32. The van der Waals surface area contributed by atoms with Crippen molar-refractivity contribution >= 4 is 33.3 Å². The van der Waals surface area contributed by atoms with E-state index in [-0.39, 0.29) is 12.5 Å². The van der Waals surface area contributed by atoms with Gasteiger partial charge in [-0.05, 0) is 67.8 Å². The van der Waals surface area contributed by atoms with Crippen LogP contribution in [0, 0.1) is 20.8 Å². The molecule has 0 atom stereocenters. The van der Waals surface area contributed by atoms with Crippen LogP contribution < -0.4 is 10.1 Å². The number of pyridine rings is 1. The molecule has 0 saturated heterocycles. The average Bonchev–Trinajstić information content (AvgIpc) is 3.14. The van der Waals surface area contributed by atoms with E-state index in [1.165, 1.54) is 11.3 Å². The van der Waals surface area contributed by atoms with Crippen LogP contribution in [0.3, 0.4) is 0 Å². The first kappa shape index (κ1) is 19.1. The van der Waals surface area contributed by atoms with E-state index < -0.39 is 0 Å². The highest BCUT2D eigenvalue weighted by Gasteiger charge is 2.10. The van der Waals surface area contributed by atoms with Gasteiger partial charge in [0.25, 0.3) is 5.91 Å². The van der Waals surface area contributed by atoms with Crippen LogP contribution in [0.5, 0.6) is 5.75 Å². The Labute approximate surface area is 173 Å². The van der Waals surface area contributed by atoms with Crippen molar-refractivity contribution in [3.63, 3.8) is 0 Å². The van der Waals surface area contributed by atoms with E-state index in [1.54, 1.807) is 6.20 Å². The number of benzene rings is 2. The number of amides is 1. The summed E-state index contributed by atoms with van der Waals surface area (Å²) in [6.07, 6.45) is 1.76. The van der Waals surface area contributed by atoms with Crippen LogP contribution in [0.4, 0.5) is 5.69 Å². The predicted molar refractivity (Wildman–Crippen MR) is 118 cm³/mol. The molecular weight excluding hydrogens is 382 g/mol. The smallest absolute Gasteiger partial charge is 0.262 e. The molecule has 146 valence electrons. The fourth-order valence-corrected chi connectivity index (χ4v) is 4.02. The zero-order chi connectivity index (χ0) is 20.4. The van der Waals surface area contributed by atoms with E-state index >= 15 is 0 Å². The lowest BCUT2D eigenvalue weighted by Crippen LogP contribution is -2.20. The molecule has 0 aliphatic heterocycles. The number of fused-ring (bicyclic) bond motifs is 1. The Kier molecular flexibility index (Phi) is 5.27. The molecule has 2 aromatic carbocycles. The SMILES string of the molecule is Cc1cc(C)c(C)c(OCC(=O)Nc2cccc(-c3nc4cccnc4s3)c2)c1. The van der Waals surface area contributed by atoms with Crippen molar-refractivity contribution in [3.05, 3.63) is 71.4 Å². The number of thiazole rings is 1. The van der Waals surface area contributed by atoms with Gasteiger partial charge in [-0.3, -0.25) is 4.79 Å². The third-order valence-corrected chi connectivity index (χ3v) is 5.71. The molecule has 0 unspecified atom stereocenters. The third kappa shape index (κ3) is 4.27. The number of hydrogen-bond donors (Lipinski definition) is 1. The van der Waals surface area contributed by atoms with E-state index in [4.69, 9.17) is 4.74 Å². The predicted octanol–water partition coefficient (Wildman–Crippen LogP) is 5.30. The number of nitrogens with one attached hydrogen (secondary N) is 1. The number of carbonyl (C=O) groups is 1. The van der Waals surface area contributed by atoms with E-state index in [9.17, 15) is 4.79 Å². The minimum absolute atomic E-state index is 0.0426. The molecule has 0 aliphatic rings. The summed E-state index contributed by atoms with van der Waals surface area (Å²) in [7, 11) is 0. The van der Waals surface area contributed by atoms with E-state index in [1.807, 2.05) is 63.2 Å². The van der Waals surface area contributed by atoms with Crippen molar-refractivity contribution in [1.29, 1.82) is 0 Å². The number of ether oxygens (including phenoxy) is 1. The van der Waals surface area contributed by atoms with Crippen molar-refractivity contribution < 1.29 is 9.53 Å². The number of aryl methyl sites for hydroxylation is 2. The first-order chi connectivity index (χ1) is 14.0. The zero-order valence-corrected chi connectivity index (χ0v) is 17.3. The van der Waals surface area contributed by atoms with Crippen molar-refractivity contribution in [2.45, 2.75) is 20.8 Å². The minimum atomic E-state index is -0.202. The summed E-state index contributed by atoms with van der Waals surface area (Å²) in [5, 5.41) is 3.77. The Hall–Kier alpha value is -3.25. The Bertz CT molecular complexity index is 1170. The van der Waals surface area contributed by atoms with Gasteiger partial charge in [0, 0.05) is 17.4 Å². The summed E-state index contributed by atoms with van der Waals surface area (Å²) in [6, 6.07) is 15.5. The summed E-state index contributed by atoms with van der Waals surface area (Å²) in [5.41, 5.74) is 5.84. The molecular formula is C23H21N3O2S. The van der Waals surface area contributed by atoms with Crippen LogP contribution >= 0.6 is 11.3 Å². The number of rotatable bonds is 5. The molecule has 4 rings (SSSR count). The fraction of sp³-hybridized carbons (Fsp3) is 0.174. The van der Waals surface area contributed by atoms with Crippen LogP contribution in [0.25, 0.3) is 20.9 Å². The molecule has 5 nitrogen and oxygen atoms in total. The van der Waals surface area contributed by atoms with Crippen LogP contribution in [0.1, 0.15) is 16.7 Å². The molecule has 0 radical (unpaired) electrons. The molecule has 6 heteroatoms. The Morgan fingerprint density at radius 1 is 1.10 bits per heavy atom. The van der Waals surface area contributed by atoms with Crippen LogP contribution in [0.15, 0.2) is 54.7 Å². The second-order valence-corrected chi connectivity index (χ2v) is 7.95. The molecule has 29 heavy (non-hydrogen) atoms. The number of nitrogens with zero attached hydrogens (tertiary/aromatic N) is 2. The molecule has 4 aromatic rings. The highest BCUT2D eigenvalue weighted by Crippen LogP contribution is 2.30. The average molecular weight is 404 g/mol. The molecule has 0 spiro atoms. The summed E-state index contributed by atoms with van der Waals surface area (Å²) < 4.78 is 5.76. The van der Waals surface area contributed by atoms with Crippen molar-refractivity contribution in [2.75, 3.05) is 11.9 Å². The van der Waals surface area contributed by atoms with Gasteiger partial charge in [-0.2, -0.15) is 0 Å². The lowest BCUT2D eigenvalue weighted by atomic mass is 10.1. The summed E-state index contributed by atoms with van der Waals surface area (Å²) in [5.74, 6) is 0.542. The van der Waals surface area contributed by atoms with E-state index in [0.29, 0.717) is 5.69 Å². The lowest BCUT2D eigenvalue weighted by Gasteiger charge is -2.12. The maximum Gasteiger partial charge on any atom is 0.262 e. The highest BCUT2D eigenvalue weighted by molar-refractivity contribution is 7.21. The number of aromatic nitrogens is 2. The maximum atomic E-state index is 12.4. The largest absolute Gasteiger partial charge is 0.483 e. The molecule has 2 heterocycles. The van der Waals surface area contributed by atoms with Gasteiger partial charge in [-0.25, -0.2) is 9.97 Å². The van der Waals surface area contributed by atoms with Crippen molar-refractivity contribution in [2.24, 2.45) is 0 Å². The maximum absolute atomic E-state index is 12.4. The van der Waals surface area contributed by atoms with Gasteiger partial charge in [0.05, 0.1) is 0 Å². The summed E-state index contributed by atoms with van der Waals surface area (Å²) in [6.45, 7) is 6.01. The zero-order valence-electron chi connectivity index (χ0n) is 16.5. The third-order valence-electron chi connectivity index (χ3n) is 4.68. The Balaban J connectivity index is 1.46. The molecule has 1 amide bonds. The van der Waals surface area contributed by atoms with Gasteiger partial charge >= 0.3 is 0 Å². The van der Waals surface area contributed by atoms with Gasteiger partial charge < -0.3 is 10.1 Å². The summed E-state index contributed by atoms with van der Waals surface area (Å²) >= 11 is 1.53. The van der Waals surface area contributed by atoms with Gasteiger partial charge in [-0.1, -0.05) is 29.5 Å². The standard InChI is InChI=1S/C23H21N3O2S/c1-14-10-15(2)16(3)20(11-14)28-13-21(27)25-18-7-4-6-17(12-18)22-26-19-8-5-9-24-23(19)29-22/h4-12H,13H2,1-3H3,(H,25,27). The van der Waals surface area contributed by atoms with E-state index in [2.05, 4.69) is 21.4 Å². The van der Waals surface area contributed by atoms with E-state index in [0.717, 1.165) is 43.4 Å². The highest BCUT2D eigenvalue weighted by atomic mass is 32.1. The molecule has 1 N–H and O–H groups in total. The topological polar surface area (TPSA) is 64.1 Å². The molecule has 2 aromatic heterocycles. The quantitative estimate of drug-likeness (QED) is 0.491. The summed E-state index contributed by atoms with van der Waals surface area (Å²) in [4.78, 5) is 22.3. The van der Waals surface area contributed by atoms with Crippen LogP contribution in [0.2, 0.25) is 0 Å². The van der Waals surface area contributed by atoms with Crippen molar-refractivity contribution in [1.82, 2.24) is 9.97 Å². The van der Waals surface area contributed by atoms with Gasteiger partial charge in [0.2, 0.25) is 0 Å². The molecule has 0 aliphatic carbocycles. The van der Waals surface area contributed by atoms with Gasteiger partial charge in [0.1, 0.15) is 21.1 Å². The fourth-order valence-electron chi connectivity index (χ4n) is 3.11. The normalized spacial score (nSPS) is 10.9. The second-order valence-electron chi connectivity index (χ2n) is 6.97. The van der Waals surface area contributed by atoms with Gasteiger partial charge in [0.15, 0.2) is 6.61 Å². The lowest BCUT2D eigenvalue weighted by molar-refractivity contribution is -0.118. The Morgan fingerprint density at radius 3 is 2.79 bits per heavy atom. The number of carbonyl (C=O) groups excluding carboxylic acids is 1. The second kappa shape index (κ2) is 8.01. The minimum Gasteiger partial charge on any atom is -0.483 e. The molecule has 0 saturated carbocycles. The number of anilines is 1. The van der Waals surface area contributed by atoms with Crippen molar-refractivity contribution in [3.8, 4) is 16.3 Å². The number of hydrogen-bond acceptors (Lipinski definition) is 5.